The van der Waals surface area contributed by atoms with Gasteiger partial charge in [-0.25, -0.2) is 0 Å². The van der Waals surface area contributed by atoms with Crippen molar-refractivity contribution in [3.05, 3.63) is 89.2 Å². The average Bonchev–Trinajstić information content (AvgIpc) is 3.10. The Kier molecular flexibility index (Phi) is 4.02. The molecule has 4 nitrogen and oxygen atoms in total. The highest BCUT2D eigenvalue weighted by Crippen LogP contribution is 2.25. The lowest BCUT2D eigenvalue weighted by molar-refractivity contribution is 0.0724. The van der Waals surface area contributed by atoms with Crippen LogP contribution in [0.25, 0.3) is 0 Å². The normalized spacial score (nSPS) is 13.5. The summed E-state index contributed by atoms with van der Waals surface area (Å²) in [7, 11) is 0. The number of aromatic nitrogens is 1. The molecule has 0 aliphatic carbocycles. The van der Waals surface area contributed by atoms with Crippen molar-refractivity contribution in [2.24, 2.45) is 0 Å². The molecule has 3 aromatic rings. The molecule has 0 fully saturated rings. The smallest absolute Gasteiger partial charge is 0.270 e. The van der Waals surface area contributed by atoms with Crippen LogP contribution in [0, 0.1) is 0 Å². The fourth-order valence-electron chi connectivity index (χ4n) is 3.50. The van der Waals surface area contributed by atoms with E-state index in [0.29, 0.717) is 19.6 Å². The molecule has 0 spiro atoms. The van der Waals surface area contributed by atoms with E-state index >= 15 is 0 Å². The van der Waals surface area contributed by atoms with Gasteiger partial charge >= 0.3 is 0 Å². The first-order chi connectivity index (χ1) is 12.2. The van der Waals surface area contributed by atoms with Crippen molar-refractivity contribution in [2.75, 3.05) is 12.3 Å². The zero-order chi connectivity index (χ0) is 17.2. The Morgan fingerprint density at radius 3 is 2.68 bits per heavy atom. The molecule has 0 atom stereocenters. The number of anilines is 1. The van der Waals surface area contributed by atoms with Gasteiger partial charge in [0.05, 0.1) is 0 Å². The Hall–Kier alpha value is -3.01. The van der Waals surface area contributed by atoms with Gasteiger partial charge in [0.2, 0.25) is 0 Å². The van der Waals surface area contributed by atoms with Crippen molar-refractivity contribution in [1.82, 2.24) is 9.47 Å². The highest BCUT2D eigenvalue weighted by Gasteiger charge is 2.24. The van der Waals surface area contributed by atoms with E-state index in [1.807, 2.05) is 58.1 Å². The van der Waals surface area contributed by atoms with Crippen molar-refractivity contribution in [1.29, 1.82) is 0 Å². The number of hydrogen-bond acceptors (Lipinski definition) is 2. The molecular formula is C21H21N3O. The Labute approximate surface area is 147 Å². The summed E-state index contributed by atoms with van der Waals surface area (Å²) < 4.78 is 2.02. The van der Waals surface area contributed by atoms with Crippen LogP contribution in [-0.4, -0.2) is 21.9 Å². The molecule has 2 aromatic carbocycles. The molecule has 0 saturated carbocycles. The molecule has 25 heavy (non-hydrogen) atoms. The number of benzene rings is 2. The minimum Gasteiger partial charge on any atom is -0.398 e. The predicted octanol–water partition coefficient (Wildman–Crippen LogP) is 3.32. The van der Waals surface area contributed by atoms with Crippen LogP contribution in [0.3, 0.4) is 0 Å². The molecule has 1 amide bonds. The first-order valence-electron chi connectivity index (χ1n) is 8.57. The van der Waals surface area contributed by atoms with Crippen molar-refractivity contribution in [3.63, 3.8) is 0 Å². The molecule has 1 aliphatic rings. The van der Waals surface area contributed by atoms with E-state index in [9.17, 15) is 4.79 Å². The zero-order valence-electron chi connectivity index (χ0n) is 14.1. The maximum atomic E-state index is 13.0. The Balaban J connectivity index is 1.56. The summed E-state index contributed by atoms with van der Waals surface area (Å²) >= 11 is 0. The van der Waals surface area contributed by atoms with E-state index in [1.165, 1.54) is 11.1 Å². The third kappa shape index (κ3) is 3.03. The van der Waals surface area contributed by atoms with Gasteiger partial charge in [-0.3, -0.25) is 4.79 Å². The summed E-state index contributed by atoms with van der Waals surface area (Å²) in [5, 5.41) is 0. The lowest BCUT2D eigenvalue weighted by atomic mass is 9.98. The molecule has 0 unspecified atom stereocenters. The largest absolute Gasteiger partial charge is 0.398 e. The quantitative estimate of drug-likeness (QED) is 0.749. The van der Waals surface area contributed by atoms with Crippen LogP contribution in [0.4, 0.5) is 5.69 Å². The van der Waals surface area contributed by atoms with Gasteiger partial charge in [0.15, 0.2) is 0 Å². The van der Waals surface area contributed by atoms with Crippen LogP contribution in [-0.2, 0) is 19.5 Å². The fraction of sp³-hybridized carbons (Fsp3) is 0.190. The number of nitrogen functional groups attached to an aromatic ring is 1. The zero-order valence-corrected chi connectivity index (χ0v) is 14.1. The third-order valence-electron chi connectivity index (χ3n) is 4.83. The van der Waals surface area contributed by atoms with Crippen LogP contribution in [0.5, 0.6) is 0 Å². The molecule has 1 aliphatic heterocycles. The lowest BCUT2D eigenvalue weighted by Gasteiger charge is -2.30. The van der Waals surface area contributed by atoms with E-state index in [-0.39, 0.29) is 5.91 Å². The molecule has 126 valence electrons. The number of fused-ring (bicyclic) bond motifs is 1. The highest BCUT2D eigenvalue weighted by atomic mass is 16.2. The number of hydrogen-bond donors (Lipinski definition) is 1. The molecule has 1 aromatic heterocycles. The van der Waals surface area contributed by atoms with Gasteiger partial charge < -0.3 is 15.2 Å². The van der Waals surface area contributed by atoms with Crippen molar-refractivity contribution < 1.29 is 4.79 Å². The highest BCUT2D eigenvalue weighted by molar-refractivity contribution is 5.93. The number of nitrogens with zero attached hydrogens (tertiary/aromatic N) is 2. The fourth-order valence-corrected chi connectivity index (χ4v) is 3.50. The van der Waals surface area contributed by atoms with Crippen LogP contribution in [0.1, 0.15) is 27.2 Å². The Morgan fingerprint density at radius 1 is 1.00 bits per heavy atom. The van der Waals surface area contributed by atoms with Gasteiger partial charge in [0.25, 0.3) is 5.91 Å². The Morgan fingerprint density at radius 2 is 1.84 bits per heavy atom. The van der Waals surface area contributed by atoms with E-state index in [4.69, 9.17) is 5.73 Å². The van der Waals surface area contributed by atoms with Crippen molar-refractivity contribution in [3.8, 4) is 0 Å². The second-order valence-corrected chi connectivity index (χ2v) is 6.47. The van der Waals surface area contributed by atoms with E-state index in [0.717, 1.165) is 23.4 Å². The van der Waals surface area contributed by atoms with Gasteiger partial charge in [0.1, 0.15) is 5.69 Å². The molecule has 2 heterocycles. The van der Waals surface area contributed by atoms with E-state index < -0.39 is 0 Å². The molecule has 4 heteroatoms. The molecule has 0 radical (unpaired) electrons. The van der Waals surface area contributed by atoms with Crippen LogP contribution in [0.2, 0.25) is 0 Å². The SMILES string of the molecule is Nc1cccc2c1CCN(C(=O)c1cccn1Cc1ccccc1)C2. The summed E-state index contributed by atoms with van der Waals surface area (Å²) in [6.07, 6.45) is 2.78. The maximum Gasteiger partial charge on any atom is 0.270 e. The summed E-state index contributed by atoms with van der Waals surface area (Å²) in [4.78, 5) is 15.0. The lowest BCUT2D eigenvalue weighted by Crippen LogP contribution is -2.37. The molecule has 4 rings (SSSR count). The number of amides is 1. The minimum absolute atomic E-state index is 0.0778. The minimum atomic E-state index is 0.0778. The summed E-state index contributed by atoms with van der Waals surface area (Å²) in [5.41, 5.74) is 11.1. The van der Waals surface area contributed by atoms with Gasteiger partial charge in [-0.05, 0) is 41.3 Å². The van der Waals surface area contributed by atoms with Crippen molar-refractivity contribution in [2.45, 2.75) is 19.5 Å². The second-order valence-electron chi connectivity index (χ2n) is 6.47. The molecular weight excluding hydrogens is 310 g/mol. The second kappa shape index (κ2) is 6.48. The summed E-state index contributed by atoms with van der Waals surface area (Å²) in [6, 6.07) is 20.0. The van der Waals surface area contributed by atoms with Crippen molar-refractivity contribution >= 4 is 11.6 Å². The summed E-state index contributed by atoms with van der Waals surface area (Å²) in [6.45, 7) is 2.03. The van der Waals surface area contributed by atoms with Gasteiger partial charge in [-0.15, -0.1) is 0 Å². The monoisotopic (exact) mass is 331 g/mol. The van der Waals surface area contributed by atoms with Crippen LogP contribution < -0.4 is 5.73 Å². The van der Waals surface area contributed by atoms with Gasteiger partial charge in [-0.1, -0.05) is 42.5 Å². The first-order valence-corrected chi connectivity index (χ1v) is 8.57. The number of carbonyl (C=O) groups excluding carboxylic acids is 1. The standard InChI is InChI=1S/C21H21N3O/c22-19-9-4-8-17-15-24(13-11-18(17)19)21(25)20-10-5-12-23(20)14-16-6-2-1-3-7-16/h1-10,12H,11,13-15,22H2. The molecule has 0 saturated heterocycles. The number of rotatable bonds is 3. The Bertz CT molecular complexity index is 899. The summed E-state index contributed by atoms with van der Waals surface area (Å²) in [5.74, 6) is 0.0778. The van der Waals surface area contributed by atoms with Gasteiger partial charge in [-0.2, -0.15) is 0 Å². The topological polar surface area (TPSA) is 51.3 Å². The molecule has 2 N–H and O–H groups in total. The molecule has 0 bridgehead atoms. The van der Waals surface area contributed by atoms with Crippen LogP contribution >= 0.6 is 0 Å². The number of nitrogens with two attached hydrogens (primary N) is 1. The van der Waals surface area contributed by atoms with Crippen LogP contribution in [0.15, 0.2) is 66.9 Å². The van der Waals surface area contributed by atoms with E-state index in [1.54, 1.807) is 0 Å². The maximum absolute atomic E-state index is 13.0. The predicted molar refractivity (Wildman–Crippen MR) is 99.3 cm³/mol. The van der Waals surface area contributed by atoms with E-state index in [2.05, 4.69) is 18.2 Å². The first kappa shape index (κ1) is 15.5. The average molecular weight is 331 g/mol. The number of carbonyl (C=O) groups is 1. The third-order valence-corrected chi connectivity index (χ3v) is 4.83. The van der Waals surface area contributed by atoms with Gasteiger partial charge in [0, 0.05) is 31.5 Å².